The molecule has 8 nitrogen and oxygen atoms in total. The number of ether oxygens (including phenoxy) is 1. The number of hydrogen-bond acceptors (Lipinski definition) is 6. The second-order valence-electron chi connectivity index (χ2n) is 5.81. The smallest absolute Gasteiger partial charge is 0.415 e. The first-order chi connectivity index (χ1) is 13.0. The summed E-state index contributed by atoms with van der Waals surface area (Å²) in [6.07, 6.45) is 1.43. The Balaban J connectivity index is 1.71. The number of carbonyl (C=O) groups is 2. The molecule has 1 unspecified atom stereocenters. The average molecular weight is 388 g/mol. The summed E-state index contributed by atoms with van der Waals surface area (Å²) in [6, 6.07) is 5.57. The molecule has 1 aromatic carbocycles. The van der Waals surface area contributed by atoms with Gasteiger partial charge in [0.25, 0.3) is 5.91 Å². The highest BCUT2D eigenvalue weighted by Crippen LogP contribution is 2.32. The summed E-state index contributed by atoms with van der Waals surface area (Å²) in [6.45, 7) is -0.00513. The normalized spacial score (nSPS) is 16.6. The van der Waals surface area contributed by atoms with Crippen LogP contribution in [0.2, 0.25) is 0 Å². The first-order valence-electron chi connectivity index (χ1n) is 7.95. The lowest BCUT2D eigenvalue weighted by Gasteiger charge is -2.12. The van der Waals surface area contributed by atoms with Gasteiger partial charge in [-0.1, -0.05) is 11.3 Å². The Bertz CT molecular complexity index is 1110. The zero-order chi connectivity index (χ0) is 19.1. The molecule has 1 fully saturated rings. The third-order valence-electron chi connectivity index (χ3n) is 4.10. The molecule has 2 amide bonds. The maximum absolute atomic E-state index is 14.6. The fourth-order valence-corrected chi connectivity index (χ4v) is 3.72. The van der Waals surface area contributed by atoms with Gasteiger partial charge in [0.2, 0.25) is 0 Å². The van der Waals surface area contributed by atoms with E-state index < -0.39 is 23.9 Å². The van der Waals surface area contributed by atoms with Gasteiger partial charge in [-0.25, -0.2) is 14.2 Å². The van der Waals surface area contributed by atoms with Crippen molar-refractivity contribution >= 4 is 39.2 Å². The van der Waals surface area contributed by atoms with E-state index in [2.05, 4.69) is 10.3 Å². The number of halogens is 1. The number of pyridine rings is 1. The lowest BCUT2D eigenvalue weighted by molar-refractivity contribution is -0.127. The van der Waals surface area contributed by atoms with Crippen LogP contribution in [-0.2, 0) is 9.53 Å². The summed E-state index contributed by atoms with van der Waals surface area (Å²) >= 11 is 1.21. The maximum atomic E-state index is 14.6. The number of aromatic nitrogens is 2. The highest BCUT2D eigenvalue weighted by molar-refractivity contribution is 7.20. The Hall–Kier alpha value is -3.27. The van der Waals surface area contributed by atoms with E-state index >= 15 is 0 Å². The van der Waals surface area contributed by atoms with E-state index in [1.54, 1.807) is 23.0 Å². The van der Waals surface area contributed by atoms with Crippen LogP contribution in [0.1, 0.15) is 0 Å². The molecule has 0 spiro atoms. The monoisotopic (exact) mass is 388 g/mol. The van der Waals surface area contributed by atoms with Crippen LogP contribution in [0.4, 0.5) is 14.9 Å². The van der Waals surface area contributed by atoms with Crippen LogP contribution in [0.15, 0.2) is 41.5 Å². The molecule has 138 valence electrons. The number of carbonyl (C=O) groups excluding carboxylic acids is 2. The van der Waals surface area contributed by atoms with Gasteiger partial charge in [0.1, 0.15) is 5.52 Å². The molecule has 2 aromatic heterocycles. The van der Waals surface area contributed by atoms with Crippen LogP contribution >= 0.6 is 11.3 Å². The van der Waals surface area contributed by atoms with E-state index in [9.17, 15) is 18.8 Å². The third kappa shape index (κ3) is 3.04. The molecule has 0 radical (unpaired) electrons. The van der Waals surface area contributed by atoms with Crippen LogP contribution < -0.4 is 15.6 Å². The topological polar surface area (TPSA) is 93.5 Å². The number of thiazole rings is 1. The maximum Gasteiger partial charge on any atom is 0.415 e. The number of anilines is 1. The van der Waals surface area contributed by atoms with E-state index in [-0.39, 0.29) is 23.2 Å². The van der Waals surface area contributed by atoms with Crippen molar-refractivity contribution in [2.75, 3.05) is 18.5 Å². The molecule has 1 atom stereocenters. The van der Waals surface area contributed by atoms with Crippen molar-refractivity contribution in [1.82, 2.24) is 14.9 Å². The van der Waals surface area contributed by atoms with Crippen molar-refractivity contribution in [2.45, 2.75) is 6.10 Å². The van der Waals surface area contributed by atoms with E-state index in [1.165, 1.54) is 41.5 Å². The fourth-order valence-electron chi connectivity index (χ4n) is 2.74. The van der Waals surface area contributed by atoms with Crippen molar-refractivity contribution in [3.63, 3.8) is 0 Å². The largest absolute Gasteiger partial charge is 0.434 e. The molecule has 0 saturated carbocycles. The molecule has 10 heteroatoms. The Kier molecular flexibility index (Phi) is 4.11. The van der Waals surface area contributed by atoms with E-state index in [1.807, 2.05) is 0 Å². The minimum Gasteiger partial charge on any atom is -0.434 e. The molecule has 1 N–H and O–H groups in total. The predicted molar refractivity (Wildman–Crippen MR) is 96.9 cm³/mol. The summed E-state index contributed by atoms with van der Waals surface area (Å²) in [4.78, 5) is 40.4. The van der Waals surface area contributed by atoms with Crippen molar-refractivity contribution in [1.29, 1.82) is 0 Å². The number of rotatable bonds is 3. The number of amides is 2. The molecule has 4 rings (SSSR count). The number of fused-ring (bicyclic) bond motifs is 1. The minimum atomic E-state index is -0.945. The van der Waals surface area contributed by atoms with Gasteiger partial charge in [-0.3, -0.25) is 19.1 Å². The number of benzene rings is 1. The summed E-state index contributed by atoms with van der Waals surface area (Å²) in [5.74, 6) is -1.02. The Morgan fingerprint density at radius 3 is 2.78 bits per heavy atom. The first-order valence-corrected chi connectivity index (χ1v) is 8.76. The first kappa shape index (κ1) is 17.2. The summed E-state index contributed by atoms with van der Waals surface area (Å²) in [5.41, 5.74) is 0.304. The van der Waals surface area contributed by atoms with Crippen molar-refractivity contribution in [3.05, 3.63) is 52.7 Å². The van der Waals surface area contributed by atoms with Crippen LogP contribution in [-0.4, -0.2) is 41.2 Å². The number of hydrogen-bond donors (Lipinski definition) is 1. The molecule has 3 aromatic rings. The van der Waals surface area contributed by atoms with Crippen molar-refractivity contribution in [2.24, 2.45) is 0 Å². The molecular formula is C17H13FN4O4S. The molecule has 0 aliphatic carbocycles. The molecule has 1 aliphatic rings. The predicted octanol–water partition coefficient (Wildman–Crippen LogP) is 1.66. The van der Waals surface area contributed by atoms with Crippen LogP contribution in [0.25, 0.3) is 15.3 Å². The number of nitrogens with one attached hydrogen (secondary N) is 1. The molecular weight excluding hydrogens is 375 g/mol. The van der Waals surface area contributed by atoms with Gasteiger partial charge < -0.3 is 10.1 Å². The standard InChI is InChI=1S/C17H13FN4O4S/c1-19-15(24)12-8-22(17(25)26-12)9-6-11(18)14-13(7-9)27-16(20-14)21-4-2-10(23)3-5-21/h2-7,12H,8H2,1H3,(H,19,24). The summed E-state index contributed by atoms with van der Waals surface area (Å²) in [7, 11) is 1.44. The molecule has 27 heavy (non-hydrogen) atoms. The van der Waals surface area contributed by atoms with Gasteiger partial charge in [0, 0.05) is 37.6 Å². The van der Waals surface area contributed by atoms with E-state index in [4.69, 9.17) is 4.74 Å². The molecule has 1 saturated heterocycles. The van der Waals surface area contributed by atoms with Crippen LogP contribution in [0.3, 0.4) is 0 Å². The van der Waals surface area contributed by atoms with Crippen molar-refractivity contribution in [3.8, 4) is 5.13 Å². The van der Waals surface area contributed by atoms with Gasteiger partial charge in [-0.2, -0.15) is 0 Å². The number of cyclic esters (lactones) is 1. The Morgan fingerprint density at radius 1 is 1.33 bits per heavy atom. The zero-order valence-corrected chi connectivity index (χ0v) is 14.8. The highest BCUT2D eigenvalue weighted by Gasteiger charge is 2.37. The summed E-state index contributed by atoms with van der Waals surface area (Å²) in [5, 5.41) is 2.90. The third-order valence-corrected chi connectivity index (χ3v) is 5.12. The Morgan fingerprint density at radius 2 is 2.07 bits per heavy atom. The second kappa shape index (κ2) is 6.47. The SMILES string of the molecule is CNC(=O)C1CN(c2cc(F)c3nc(-n4ccc(=O)cc4)sc3c2)C(=O)O1. The molecule has 0 bridgehead atoms. The molecule has 1 aliphatic heterocycles. The van der Waals surface area contributed by atoms with Gasteiger partial charge in [0.05, 0.1) is 16.9 Å². The van der Waals surface area contributed by atoms with Gasteiger partial charge in [-0.05, 0) is 6.07 Å². The van der Waals surface area contributed by atoms with Gasteiger partial charge in [0.15, 0.2) is 22.5 Å². The van der Waals surface area contributed by atoms with Gasteiger partial charge in [-0.15, -0.1) is 0 Å². The summed E-state index contributed by atoms with van der Waals surface area (Å²) < 4.78 is 21.7. The second-order valence-corrected chi connectivity index (χ2v) is 6.82. The van der Waals surface area contributed by atoms with E-state index in [0.717, 1.165) is 0 Å². The quantitative estimate of drug-likeness (QED) is 0.737. The molecule has 3 heterocycles. The Labute approximate surface area is 155 Å². The van der Waals surface area contributed by atoms with E-state index in [0.29, 0.717) is 9.83 Å². The highest BCUT2D eigenvalue weighted by atomic mass is 32.1. The minimum absolute atomic E-state index is 0.00513. The fraction of sp³-hybridized carbons (Fsp3) is 0.176. The number of nitrogens with zero attached hydrogens (tertiary/aromatic N) is 3. The van der Waals surface area contributed by atoms with Crippen molar-refractivity contribution < 1.29 is 18.7 Å². The lowest BCUT2D eigenvalue weighted by atomic mass is 10.2. The number of likely N-dealkylation sites (N-methyl/N-ethyl adjacent to an activating group) is 1. The van der Waals surface area contributed by atoms with Gasteiger partial charge >= 0.3 is 6.09 Å². The van der Waals surface area contributed by atoms with Crippen LogP contribution in [0, 0.1) is 5.82 Å². The zero-order valence-electron chi connectivity index (χ0n) is 14.0. The lowest BCUT2D eigenvalue weighted by Crippen LogP contribution is -2.35. The average Bonchev–Trinajstić information content (AvgIpc) is 3.25. The van der Waals surface area contributed by atoms with Crippen LogP contribution in [0.5, 0.6) is 0 Å².